The van der Waals surface area contributed by atoms with E-state index in [9.17, 15) is 14.4 Å². The molecule has 41 heavy (non-hydrogen) atoms. The van der Waals surface area contributed by atoms with Crippen molar-refractivity contribution in [3.05, 3.63) is 128 Å². The predicted octanol–water partition coefficient (Wildman–Crippen LogP) is 7.58. The van der Waals surface area contributed by atoms with Crippen LogP contribution in [0.15, 0.2) is 101 Å². The second-order valence-electron chi connectivity index (χ2n) is 8.96. The molecule has 0 aliphatic carbocycles. The summed E-state index contributed by atoms with van der Waals surface area (Å²) >= 11 is 15.5. The Balaban J connectivity index is 1.35. The first kappa shape index (κ1) is 28.4. The Kier molecular flexibility index (Phi) is 8.73. The van der Waals surface area contributed by atoms with Crippen molar-refractivity contribution in [3.63, 3.8) is 0 Å². The number of hydrogen-bond donors (Lipinski definition) is 1. The number of rotatable bonds is 8. The molecule has 1 N–H and O–H groups in total. The lowest BCUT2D eigenvalue weighted by Gasteiger charge is -2.26. The lowest BCUT2D eigenvalue weighted by Crippen LogP contribution is -2.54. The summed E-state index contributed by atoms with van der Waals surface area (Å²) < 4.78 is 12.7. The number of nitrogens with zero attached hydrogens (tertiary/aromatic N) is 1. The molecule has 1 aliphatic heterocycles. The zero-order valence-corrected chi connectivity index (χ0v) is 24.4. The molecule has 4 aromatic carbocycles. The average molecular weight is 652 g/mol. The van der Waals surface area contributed by atoms with Crippen LogP contribution in [0.3, 0.4) is 0 Å². The van der Waals surface area contributed by atoms with E-state index >= 15 is 0 Å². The van der Waals surface area contributed by atoms with E-state index in [0.29, 0.717) is 33.7 Å². The molecule has 1 saturated heterocycles. The molecule has 4 aromatic rings. The molecular weight excluding hydrogens is 631 g/mol. The summed E-state index contributed by atoms with van der Waals surface area (Å²) in [5.41, 5.74) is 2.28. The Hall–Kier alpha value is -4.11. The third-order valence-corrected chi connectivity index (χ3v) is 7.11. The summed E-state index contributed by atoms with van der Waals surface area (Å²) in [7, 11) is 0. The minimum atomic E-state index is -0.857. The first-order valence-corrected chi connectivity index (χ1v) is 13.9. The van der Waals surface area contributed by atoms with Gasteiger partial charge in [-0.3, -0.25) is 14.9 Å². The summed E-state index contributed by atoms with van der Waals surface area (Å²) in [5.74, 6) is -0.659. The van der Waals surface area contributed by atoms with Crippen molar-refractivity contribution in [2.24, 2.45) is 0 Å². The highest BCUT2D eigenvalue weighted by Gasteiger charge is 2.37. The highest BCUT2D eigenvalue weighted by atomic mass is 79.9. The summed E-state index contributed by atoms with van der Waals surface area (Å²) in [6.45, 7) is 0.565. The molecule has 0 saturated carbocycles. The highest BCUT2D eigenvalue weighted by molar-refractivity contribution is 9.10. The molecule has 7 nitrogen and oxygen atoms in total. The minimum Gasteiger partial charge on any atom is -0.489 e. The first-order valence-electron chi connectivity index (χ1n) is 12.3. The fourth-order valence-electron chi connectivity index (χ4n) is 3.99. The third-order valence-electron chi connectivity index (χ3n) is 6.09. The van der Waals surface area contributed by atoms with Crippen LogP contribution >= 0.6 is 39.1 Å². The van der Waals surface area contributed by atoms with E-state index in [2.05, 4.69) is 21.2 Å². The van der Waals surface area contributed by atoms with Crippen molar-refractivity contribution in [2.45, 2.75) is 13.2 Å². The molecule has 4 amide bonds. The molecule has 1 heterocycles. The molecule has 0 spiro atoms. The van der Waals surface area contributed by atoms with Crippen molar-refractivity contribution >= 4 is 68.7 Å². The van der Waals surface area contributed by atoms with Crippen molar-refractivity contribution in [2.75, 3.05) is 4.90 Å². The normalized spacial score (nSPS) is 14.3. The van der Waals surface area contributed by atoms with Crippen LogP contribution in [0.1, 0.15) is 16.7 Å². The fourth-order valence-corrected chi connectivity index (χ4v) is 4.56. The lowest BCUT2D eigenvalue weighted by molar-refractivity contribution is -0.122. The Morgan fingerprint density at radius 1 is 0.756 bits per heavy atom. The molecule has 1 fully saturated rings. The third kappa shape index (κ3) is 6.97. The van der Waals surface area contributed by atoms with Gasteiger partial charge in [0.1, 0.15) is 30.3 Å². The number of nitrogens with one attached hydrogen (secondary N) is 1. The molecule has 0 atom stereocenters. The number of hydrogen-bond acceptors (Lipinski definition) is 5. The van der Waals surface area contributed by atoms with Gasteiger partial charge in [-0.2, -0.15) is 0 Å². The molecular formula is C31H21BrCl2N2O5. The number of anilines is 1. The van der Waals surface area contributed by atoms with E-state index in [1.54, 1.807) is 54.6 Å². The standard InChI is InChI=1S/C31H21BrCl2N2O5/c32-22-5-1-19(2-6-22)18-41-28-14-9-24(34)15-21(28)16-27-29(37)35-31(39)36(30(27)38)25-10-12-26(13-11-25)40-17-20-3-7-23(33)8-4-20/h1-16H,17-18H2,(H,35,37,39)/b27-16+. The van der Waals surface area contributed by atoms with E-state index < -0.39 is 17.8 Å². The Labute approximate surface area is 254 Å². The smallest absolute Gasteiger partial charge is 0.335 e. The summed E-state index contributed by atoms with van der Waals surface area (Å²) in [6.07, 6.45) is 1.36. The summed E-state index contributed by atoms with van der Waals surface area (Å²) in [6, 6.07) is 25.3. The maximum absolute atomic E-state index is 13.4. The number of ether oxygens (including phenoxy) is 2. The van der Waals surface area contributed by atoms with Gasteiger partial charge in [0.25, 0.3) is 11.8 Å². The van der Waals surface area contributed by atoms with E-state index in [0.717, 1.165) is 20.5 Å². The quantitative estimate of drug-likeness (QED) is 0.157. The zero-order chi connectivity index (χ0) is 28.9. The molecule has 0 unspecified atom stereocenters. The molecule has 0 radical (unpaired) electrons. The second kappa shape index (κ2) is 12.6. The SMILES string of the molecule is O=C1NC(=O)N(c2ccc(OCc3ccc(Cl)cc3)cc2)C(=O)/C1=C/c1cc(Cl)ccc1OCc1ccc(Br)cc1. The largest absolute Gasteiger partial charge is 0.489 e. The average Bonchev–Trinajstić information content (AvgIpc) is 2.96. The fraction of sp³-hybridized carbons (Fsp3) is 0.0645. The Bertz CT molecular complexity index is 1640. The van der Waals surface area contributed by atoms with Gasteiger partial charge in [0, 0.05) is 20.1 Å². The number of benzene rings is 4. The number of barbiturate groups is 1. The van der Waals surface area contributed by atoms with Crippen LogP contribution < -0.4 is 19.7 Å². The Morgan fingerprint density at radius 3 is 2.05 bits per heavy atom. The van der Waals surface area contributed by atoms with Gasteiger partial charge >= 0.3 is 6.03 Å². The predicted molar refractivity (Wildman–Crippen MR) is 161 cm³/mol. The van der Waals surface area contributed by atoms with Crippen molar-refractivity contribution in [1.82, 2.24) is 5.32 Å². The monoisotopic (exact) mass is 650 g/mol. The van der Waals surface area contributed by atoms with Crippen LogP contribution in [0.4, 0.5) is 10.5 Å². The number of carbonyl (C=O) groups excluding carboxylic acids is 3. The lowest BCUT2D eigenvalue weighted by atomic mass is 10.1. The number of halogens is 3. The van der Waals surface area contributed by atoms with Gasteiger partial charge in [-0.15, -0.1) is 0 Å². The zero-order valence-electron chi connectivity index (χ0n) is 21.3. The second-order valence-corrected chi connectivity index (χ2v) is 10.8. The van der Waals surface area contributed by atoms with E-state index in [1.807, 2.05) is 36.4 Å². The summed E-state index contributed by atoms with van der Waals surface area (Å²) in [4.78, 5) is 39.8. The van der Waals surface area contributed by atoms with E-state index in [1.165, 1.54) is 6.08 Å². The molecule has 10 heteroatoms. The number of imide groups is 2. The van der Waals surface area contributed by atoms with Gasteiger partial charge in [0.05, 0.1) is 5.69 Å². The van der Waals surface area contributed by atoms with Gasteiger partial charge in [0.15, 0.2) is 0 Å². The van der Waals surface area contributed by atoms with Crippen LogP contribution in [-0.2, 0) is 22.8 Å². The van der Waals surface area contributed by atoms with Gasteiger partial charge < -0.3 is 9.47 Å². The van der Waals surface area contributed by atoms with Crippen molar-refractivity contribution in [3.8, 4) is 11.5 Å². The van der Waals surface area contributed by atoms with Gasteiger partial charge in [-0.05, 0) is 83.9 Å². The van der Waals surface area contributed by atoms with Crippen LogP contribution in [0.25, 0.3) is 6.08 Å². The maximum atomic E-state index is 13.4. The molecule has 0 bridgehead atoms. The molecule has 206 valence electrons. The van der Waals surface area contributed by atoms with Gasteiger partial charge in [-0.1, -0.05) is 63.4 Å². The number of carbonyl (C=O) groups is 3. The first-order chi connectivity index (χ1) is 19.8. The van der Waals surface area contributed by atoms with Crippen LogP contribution in [0.2, 0.25) is 10.0 Å². The van der Waals surface area contributed by atoms with Crippen molar-refractivity contribution < 1.29 is 23.9 Å². The Morgan fingerprint density at radius 2 is 1.37 bits per heavy atom. The summed E-state index contributed by atoms with van der Waals surface area (Å²) in [5, 5.41) is 3.25. The number of amides is 4. The number of urea groups is 1. The van der Waals surface area contributed by atoms with E-state index in [-0.39, 0.29) is 17.9 Å². The molecule has 5 rings (SSSR count). The van der Waals surface area contributed by atoms with Crippen LogP contribution in [0.5, 0.6) is 11.5 Å². The maximum Gasteiger partial charge on any atom is 0.335 e. The molecule has 0 aromatic heterocycles. The topological polar surface area (TPSA) is 84.9 Å². The van der Waals surface area contributed by atoms with Crippen LogP contribution in [0, 0.1) is 0 Å². The highest BCUT2D eigenvalue weighted by Crippen LogP contribution is 2.29. The van der Waals surface area contributed by atoms with Crippen LogP contribution in [-0.4, -0.2) is 17.8 Å². The van der Waals surface area contributed by atoms with E-state index in [4.69, 9.17) is 32.7 Å². The van der Waals surface area contributed by atoms with Gasteiger partial charge in [-0.25, -0.2) is 9.69 Å². The van der Waals surface area contributed by atoms with Crippen molar-refractivity contribution in [1.29, 1.82) is 0 Å². The molecule has 1 aliphatic rings. The minimum absolute atomic E-state index is 0.247. The van der Waals surface area contributed by atoms with Gasteiger partial charge in [0.2, 0.25) is 0 Å².